The first kappa shape index (κ1) is 16.6. The Morgan fingerprint density at radius 3 is 2.29 bits per heavy atom. The molecule has 0 spiro atoms. The number of nitrogens with one attached hydrogen (secondary N) is 1. The van der Waals surface area contributed by atoms with Crippen molar-refractivity contribution in [3.63, 3.8) is 0 Å². The van der Waals surface area contributed by atoms with Gasteiger partial charge in [-0.3, -0.25) is 4.90 Å². The van der Waals surface area contributed by atoms with E-state index in [9.17, 15) is 0 Å². The molecule has 0 aliphatic carbocycles. The molecule has 1 heterocycles. The lowest BCUT2D eigenvalue weighted by molar-refractivity contribution is 0.243. The van der Waals surface area contributed by atoms with E-state index in [2.05, 4.69) is 48.0 Å². The lowest BCUT2D eigenvalue weighted by Crippen LogP contribution is -2.50. The molecular weight excluding hydrogens is 282 g/mol. The summed E-state index contributed by atoms with van der Waals surface area (Å²) in [5, 5.41) is 4.44. The highest BCUT2D eigenvalue weighted by atomic mass is 35.5. The molecule has 0 bridgehead atoms. The molecular formula is C17H28ClN3. The van der Waals surface area contributed by atoms with Crippen LogP contribution in [0.5, 0.6) is 0 Å². The molecule has 4 heteroatoms. The van der Waals surface area contributed by atoms with Gasteiger partial charge in [0.15, 0.2) is 0 Å². The minimum atomic E-state index is 0.255. The Labute approximate surface area is 134 Å². The molecule has 0 aromatic heterocycles. The summed E-state index contributed by atoms with van der Waals surface area (Å²) >= 11 is 5.95. The lowest BCUT2D eigenvalue weighted by Gasteiger charge is -2.36. The van der Waals surface area contributed by atoms with Gasteiger partial charge >= 0.3 is 0 Å². The smallest absolute Gasteiger partial charge is 0.0407 e. The van der Waals surface area contributed by atoms with E-state index in [4.69, 9.17) is 11.6 Å². The summed E-state index contributed by atoms with van der Waals surface area (Å²) in [6.07, 6.45) is 1.16. The number of rotatable bonds is 6. The summed E-state index contributed by atoms with van der Waals surface area (Å²) in [5.41, 5.74) is 1.54. The number of hydrogen-bond acceptors (Lipinski definition) is 3. The van der Waals surface area contributed by atoms with Crippen LogP contribution in [0.4, 0.5) is 5.69 Å². The lowest BCUT2D eigenvalue weighted by atomic mass is 10.0. The van der Waals surface area contributed by atoms with Crippen molar-refractivity contribution < 1.29 is 0 Å². The number of anilines is 1. The van der Waals surface area contributed by atoms with E-state index in [0.29, 0.717) is 0 Å². The predicted molar refractivity (Wildman–Crippen MR) is 92.5 cm³/mol. The molecule has 1 aromatic carbocycles. The van der Waals surface area contributed by atoms with Crippen LogP contribution in [0.2, 0.25) is 5.02 Å². The van der Waals surface area contributed by atoms with Crippen LogP contribution in [-0.2, 0) is 0 Å². The largest absolute Gasteiger partial charge is 0.369 e. The molecule has 3 nitrogen and oxygen atoms in total. The fourth-order valence-corrected chi connectivity index (χ4v) is 2.68. The first-order valence-electron chi connectivity index (χ1n) is 7.98. The van der Waals surface area contributed by atoms with Gasteiger partial charge in [-0.2, -0.15) is 0 Å². The molecule has 21 heavy (non-hydrogen) atoms. The van der Waals surface area contributed by atoms with Gasteiger partial charge in [-0.25, -0.2) is 0 Å². The first-order chi connectivity index (χ1) is 10.00. The zero-order valence-electron chi connectivity index (χ0n) is 13.5. The second-order valence-corrected chi connectivity index (χ2v) is 6.91. The number of piperazine rings is 1. The zero-order chi connectivity index (χ0) is 15.3. The van der Waals surface area contributed by atoms with E-state index in [1.165, 1.54) is 5.69 Å². The second kappa shape index (κ2) is 7.48. The van der Waals surface area contributed by atoms with Gasteiger partial charge in [-0.15, -0.1) is 0 Å². The topological polar surface area (TPSA) is 18.5 Å². The molecule has 1 aliphatic heterocycles. The summed E-state index contributed by atoms with van der Waals surface area (Å²) in [7, 11) is 0. The van der Waals surface area contributed by atoms with Crippen molar-refractivity contribution in [3.8, 4) is 0 Å². The summed E-state index contributed by atoms with van der Waals surface area (Å²) in [6.45, 7) is 13.4. The van der Waals surface area contributed by atoms with Crippen LogP contribution in [0.1, 0.15) is 27.2 Å². The fourth-order valence-electron chi connectivity index (χ4n) is 2.56. The van der Waals surface area contributed by atoms with E-state index in [1.54, 1.807) is 0 Å². The maximum Gasteiger partial charge on any atom is 0.0407 e. The van der Waals surface area contributed by atoms with Gasteiger partial charge in [-0.1, -0.05) is 18.5 Å². The molecule has 0 radical (unpaired) electrons. The molecule has 1 fully saturated rings. The van der Waals surface area contributed by atoms with Crippen LogP contribution in [-0.4, -0.2) is 49.7 Å². The number of benzene rings is 1. The molecule has 2 rings (SSSR count). The quantitative estimate of drug-likeness (QED) is 0.870. The summed E-state index contributed by atoms with van der Waals surface area (Å²) in [6, 6.07) is 8.17. The highest BCUT2D eigenvalue weighted by Crippen LogP contribution is 2.19. The van der Waals surface area contributed by atoms with Gasteiger partial charge in [0.25, 0.3) is 0 Å². The Kier molecular flexibility index (Phi) is 5.91. The van der Waals surface area contributed by atoms with E-state index in [-0.39, 0.29) is 5.54 Å². The summed E-state index contributed by atoms with van der Waals surface area (Å²) in [5.74, 6) is 0. The average molecular weight is 310 g/mol. The average Bonchev–Trinajstić information content (AvgIpc) is 2.49. The van der Waals surface area contributed by atoms with E-state index < -0.39 is 0 Å². The van der Waals surface area contributed by atoms with Crippen LogP contribution in [0.15, 0.2) is 24.3 Å². The SMILES string of the molecule is CCC(C)(C)NCCN1CCN(c2ccc(Cl)cc2)CC1. The number of hydrogen-bond donors (Lipinski definition) is 1. The number of halogens is 1. The van der Waals surface area contributed by atoms with Crippen LogP contribution in [0, 0.1) is 0 Å². The maximum absolute atomic E-state index is 5.95. The van der Waals surface area contributed by atoms with Crippen LogP contribution < -0.4 is 10.2 Å². The van der Waals surface area contributed by atoms with Crippen molar-refractivity contribution in [2.45, 2.75) is 32.7 Å². The molecule has 1 aliphatic rings. The van der Waals surface area contributed by atoms with E-state index in [1.807, 2.05) is 12.1 Å². The van der Waals surface area contributed by atoms with Gasteiger partial charge in [0.2, 0.25) is 0 Å². The van der Waals surface area contributed by atoms with Crippen LogP contribution in [0.25, 0.3) is 0 Å². The van der Waals surface area contributed by atoms with Gasteiger partial charge < -0.3 is 10.2 Å². The summed E-state index contributed by atoms with van der Waals surface area (Å²) < 4.78 is 0. The Morgan fingerprint density at radius 1 is 1.10 bits per heavy atom. The van der Waals surface area contributed by atoms with Gasteiger partial charge in [-0.05, 0) is 44.5 Å². The molecule has 0 atom stereocenters. The van der Waals surface area contributed by atoms with Gasteiger partial charge in [0.05, 0.1) is 0 Å². The van der Waals surface area contributed by atoms with Crippen molar-refractivity contribution in [1.82, 2.24) is 10.2 Å². The standard InChI is InChI=1S/C17H28ClN3/c1-4-17(2,3)19-9-10-20-11-13-21(14-12-20)16-7-5-15(18)6-8-16/h5-8,19H,4,9-14H2,1-3H3. The first-order valence-corrected chi connectivity index (χ1v) is 8.36. The molecule has 0 saturated carbocycles. The van der Waals surface area contributed by atoms with Gasteiger partial charge in [0.1, 0.15) is 0 Å². The molecule has 1 saturated heterocycles. The van der Waals surface area contributed by atoms with Crippen molar-refractivity contribution in [1.29, 1.82) is 0 Å². The molecule has 0 amide bonds. The second-order valence-electron chi connectivity index (χ2n) is 6.47. The highest BCUT2D eigenvalue weighted by molar-refractivity contribution is 6.30. The molecule has 1 aromatic rings. The molecule has 0 unspecified atom stereocenters. The van der Waals surface area contributed by atoms with E-state index >= 15 is 0 Å². The Hall–Kier alpha value is -0.770. The van der Waals surface area contributed by atoms with Crippen LogP contribution in [0.3, 0.4) is 0 Å². The molecule has 118 valence electrons. The minimum Gasteiger partial charge on any atom is -0.369 e. The Bertz CT molecular complexity index is 422. The maximum atomic E-state index is 5.95. The van der Waals surface area contributed by atoms with E-state index in [0.717, 1.165) is 50.7 Å². The van der Waals surface area contributed by atoms with Crippen molar-refractivity contribution >= 4 is 17.3 Å². The van der Waals surface area contributed by atoms with Crippen LogP contribution >= 0.6 is 11.6 Å². The van der Waals surface area contributed by atoms with Crippen molar-refractivity contribution in [2.75, 3.05) is 44.2 Å². The Morgan fingerprint density at radius 2 is 1.71 bits per heavy atom. The van der Waals surface area contributed by atoms with Gasteiger partial charge in [0, 0.05) is 55.5 Å². The monoisotopic (exact) mass is 309 g/mol. The summed E-state index contributed by atoms with van der Waals surface area (Å²) in [4.78, 5) is 4.99. The third kappa shape index (κ3) is 5.17. The minimum absolute atomic E-state index is 0.255. The fraction of sp³-hybridized carbons (Fsp3) is 0.647. The van der Waals surface area contributed by atoms with Crippen molar-refractivity contribution in [3.05, 3.63) is 29.3 Å². The molecule has 1 N–H and O–H groups in total. The normalized spacial score (nSPS) is 17.2. The predicted octanol–water partition coefficient (Wildman–Crippen LogP) is 3.24. The third-order valence-corrected chi connectivity index (χ3v) is 4.73. The zero-order valence-corrected chi connectivity index (χ0v) is 14.3. The Balaban J connectivity index is 1.72. The third-order valence-electron chi connectivity index (χ3n) is 4.48. The highest BCUT2D eigenvalue weighted by Gasteiger charge is 2.18. The number of nitrogens with zero attached hydrogens (tertiary/aromatic N) is 2. The van der Waals surface area contributed by atoms with Crippen molar-refractivity contribution in [2.24, 2.45) is 0 Å².